The second kappa shape index (κ2) is 7.01. The molecule has 17 heavy (non-hydrogen) atoms. The minimum absolute atomic E-state index is 0.342. The molecular weight excluding hydrogens is 236 g/mol. The van der Waals surface area contributed by atoms with Crippen LogP contribution in [0.2, 0.25) is 0 Å². The highest BCUT2D eigenvalue weighted by molar-refractivity contribution is 7.98. The Kier molecular flexibility index (Phi) is 5.62. The zero-order valence-corrected chi connectivity index (χ0v) is 10.7. The first-order valence-corrected chi connectivity index (χ1v) is 6.82. The third-order valence-electron chi connectivity index (χ3n) is 2.24. The van der Waals surface area contributed by atoms with E-state index in [1.807, 2.05) is 11.8 Å². The summed E-state index contributed by atoms with van der Waals surface area (Å²) in [6.07, 6.45) is 5.76. The number of anilines is 2. The second-order valence-corrected chi connectivity index (χ2v) is 4.64. The smallest absolute Gasteiger partial charge is 0.252 e. The molecule has 0 unspecified atom stereocenters. The van der Waals surface area contributed by atoms with Gasteiger partial charge < -0.3 is 16.8 Å². The molecule has 0 atom stereocenters. The SMILES string of the molecule is CSCCCCNc1ncc(N)cc1C(N)=O. The van der Waals surface area contributed by atoms with Crippen LogP contribution in [0.3, 0.4) is 0 Å². The first kappa shape index (κ1) is 13.6. The summed E-state index contributed by atoms with van der Waals surface area (Å²) < 4.78 is 0. The molecule has 0 aromatic carbocycles. The van der Waals surface area contributed by atoms with Crippen molar-refractivity contribution in [3.8, 4) is 0 Å². The van der Waals surface area contributed by atoms with Gasteiger partial charge in [0.1, 0.15) is 5.82 Å². The Bertz CT molecular complexity index is 384. The first-order valence-electron chi connectivity index (χ1n) is 5.43. The van der Waals surface area contributed by atoms with Gasteiger partial charge >= 0.3 is 0 Å². The molecule has 0 spiro atoms. The van der Waals surface area contributed by atoms with Crippen molar-refractivity contribution < 1.29 is 4.79 Å². The number of aromatic nitrogens is 1. The Hall–Kier alpha value is -1.43. The minimum atomic E-state index is -0.517. The van der Waals surface area contributed by atoms with Crippen LogP contribution in [-0.4, -0.2) is 29.4 Å². The van der Waals surface area contributed by atoms with Crippen molar-refractivity contribution in [2.75, 3.05) is 29.6 Å². The summed E-state index contributed by atoms with van der Waals surface area (Å²) in [4.78, 5) is 15.3. The van der Waals surface area contributed by atoms with Crippen molar-refractivity contribution in [2.24, 2.45) is 5.73 Å². The van der Waals surface area contributed by atoms with Crippen LogP contribution >= 0.6 is 11.8 Å². The van der Waals surface area contributed by atoms with Crippen molar-refractivity contribution >= 4 is 29.2 Å². The fourth-order valence-corrected chi connectivity index (χ4v) is 1.88. The van der Waals surface area contributed by atoms with E-state index < -0.39 is 5.91 Å². The molecule has 94 valence electrons. The van der Waals surface area contributed by atoms with Crippen molar-refractivity contribution in [1.82, 2.24) is 4.98 Å². The number of hydrogen-bond donors (Lipinski definition) is 3. The molecule has 1 rings (SSSR count). The number of carbonyl (C=O) groups is 1. The molecule has 1 aromatic heterocycles. The van der Waals surface area contributed by atoms with E-state index >= 15 is 0 Å². The number of hydrogen-bond acceptors (Lipinski definition) is 5. The maximum absolute atomic E-state index is 11.2. The zero-order valence-electron chi connectivity index (χ0n) is 9.90. The number of pyridine rings is 1. The molecule has 0 fully saturated rings. The average Bonchev–Trinajstić information content (AvgIpc) is 2.30. The number of rotatable bonds is 7. The Morgan fingerprint density at radius 2 is 2.29 bits per heavy atom. The van der Waals surface area contributed by atoms with Crippen molar-refractivity contribution in [1.29, 1.82) is 0 Å². The number of nitrogens with zero attached hydrogens (tertiary/aromatic N) is 1. The lowest BCUT2D eigenvalue weighted by Gasteiger charge is -2.09. The molecule has 0 bridgehead atoms. The van der Waals surface area contributed by atoms with Crippen LogP contribution in [0.5, 0.6) is 0 Å². The lowest BCUT2D eigenvalue weighted by molar-refractivity contribution is 0.100. The van der Waals surface area contributed by atoms with Crippen LogP contribution in [0.4, 0.5) is 11.5 Å². The predicted molar refractivity (Wildman–Crippen MR) is 73.3 cm³/mol. The fourth-order valence-electron chi connectivity index (χ4n) is 1.39. The highest BCUT2D eigenvalue weighted by atomic mass is 32.2. The molecule has 0 aliphatic carbocycles. The molecule has 0 saturated carbocycles. The summed E-state index contributed by atoms with van der Waals surface area (Å²) in [5.74, 6) is 1.13. The molecule has 0 radical (unpaired) electrons. The van der Waals surface area contributed by atoms with Crippen LogP contribution in [0.1, 0.15) is 23.2 Å². The number of nitrogens with two attached hydrogens (primary N) is 2. The standard InChI is InChI=1S/C11H18N4OS/c1-17-5-3-2-4-14-11-9(10(13)16)6-8(12)7-15-11/h6-7H,2-5,12H2,1H3,(H2,13,16)(H,14,15). The number of amides is 1. The summed E-state index contributed by atoms with van der Waals surface area (Å²) in [6.45, 7) is 0.776. The third kappa shape index (κ3) is 4.52. The van der Waals surface area contributed by atoms with Crippen molar-refractivity contribution in [3.05, 3.63) is 17.8 Å². The van der Waals surface area contributed by atoms with Crippen LogP contribution in [-0.2, 0) is 0 Å². The van der Waals surface area contributed by atoms with Gasteiger partial charge in [-0.3, -0.25) is 4.79 Å². The van der Waals surface area contributed by atoms with Gasteiger partial charge in [0.25, 0.3) is 5.91 Å². The van der Waals surface area contributed by atoms with Gasteiger partial charge in [0.15, 0.2) is 0 Å². The van der Waals surface area contributed by atoms with Gasteiger partial charge in [-0.15, -0.1) is 0 Å². The van der Waals surface area contributed by atoms with E-state index in [0.717, 1.165) is 25.1 Å². The summed E-state index contributed by atoms with van der Waals surface area (Å²) in [7, 11) is 0. The van der Waals surface area contributed by atoms with Gasteiger partial charge in [-0.05, 0) is 30.9 Å². The molecule has 0 aliphatic heterocycles. The number of nitrogen functional groups attached to an aromatic ring is 1. The maximum Gasteiger partial charge on any atom is 0.252 e. The normalized spacial score (nSPS) is 10.2. The Morgan fingerprint density at radius 3 is 2.94 bits per heavy atom. The summed E-state index contributed by atoms with van der Waals surface area (Å²) in [5.41, 5.74) is 11.6. The van der Waals surface area contributed by atoms with E-state index in [0.29, 0.717) is 17.1 Å². The van der Waals surface area contributed by atoms with Gasteiger partial charge in [-0.25, -0.2) is 4.98 Å². The maximum atomic E-state index is 11.2. The molecular formula is C11H18N4OS. The lowest BCUT2D eigenvalue weighted by atomic mass is 10.2. The number of nitrogens with one attached hydrogen (secondary N) is 1. The molecule has 5 N–H and O–H groups in total. The van der Waals surface area contributed by atoms with E-state index in [4.69, 9.17) is 11.5 Å². The predicted octanol–water partition coefficient (Wildman–Crippen LogP) is 1.32. The molecule has 0 aliphatic rings. The van der Waals surface area contributed by atoms with Crippen LogP contribution in [0, 0.1) is 0 Å². The summed E-state index contributed by atoms with van der Waals surface area (Å²) in [6, 6.07) is 1.54. The molecule has 6 heteroatoms. The van der Waals surface area contributed by atoms with Crippen molar-refractivity contribution in [2.45, 2.75) is 12.8 Å². The molecule has 0 saturated heterocycles. The van der Waals surface area contributed by atoms with Gasteiger partial charge in [0, 0.05) is 6.54 Å². The number of carbonyl (C=O) groups excluding carboxylic acids is 1. The molecule has 1 amide bonds. The summed E-state index contributed by atoms with van der Waals surface area (Å²) >= 11 is 1.82. The molecule has 5 nitrogen and oxygen atoms in total. The highest BCUT2D eigenvalue weighted by Gasteiger charge is 2.09. The van der Waals surface area contributed by atoms with Crippen molar-refractivity contribution in [3.63, 3.8) is 0 Å². The minimum Gasteiger partial charge on any atom is -0.397 e. The molecule has 1 aromatic rings. The second-order valence-electron chi connectivity index (χ2n) is 3.66. The monoisotopic (exact) mass is 254 g/mol. The van der Waals surface area contributed by atoms with Crippen LogP contribution < -0.4 is 16.8 Å². The third-order valence-corrected chi connectivity index (χ3v) is 2.94. The van der Waals surface area contributed by atoms with E-state index in [9.17, 15) is 4.79 Å². The number of thioether (sulfide) groups is 1. The topological polar surface area (TPSA) is 94.0 Å². The Morgan fingerprint density at radius 1 is 1.53 bits per heavy atom. The van der Waals surface area contributed by atoms with E-state index in [-0.39, 0.29) is 0 Å². The lowest BCUT2D eigenvalue weighted by Crippen LogP contribution is -2.16. The quantitative estimate of drug-likeness (QED) is 0.638. The largest absolute Gasteiger partial charge is 0.397 e. The Labute approximate surface area is 105 Å². The summed E-state index contributed by atoms with van der Waals surface area (Å²) in [5, 5.41) is 3.10. The van der Waals surface area contributed by atoms with Gasteiger partial charge in [-0.1, -0.05) is 0 Å². The van der Waals surface area contributed by atoms with Gasteiger partial charge in [0.05, 0.1) is 17.4 Å². The highest BCUT2D eigenvalue weighted by Crippen LogP contribution is 2.14. The van der Waals surface area contributed by atoms with Crippen LogP contribution in [0.15, 0.2) is 12.3 Å². The van der Waals surface area contributed by atoms with E-state index in [2.05, 4.69) is 16.6 Å². The van der Waals surface area contributed by atoms with Crippen LogP contribution in [0.25, 0.3) is 0 Å². The Balaban J connectivity index is 2.55. The van der Waals surface area contributed by atoms with E-state index in [1.54, 1.807) is 6.07 Å². The van der Waals surface area contributed by atoms with Gasteiger partial charge in [-0.2, -0.15) is 11.8 Å². The molecule has 1 heterocycles. The zero-order chi connectivity index (χ0) is 12.7. The first-order chi connectivity index (χ1) is 8.15. The van der Waals surface area contributed by atoms with Gasteiger partial charge in [0.2, 0.25) is 0 Å². The average molecular weight is 254 g/mol. The fraction of sp³-hybridized carbons (Fsp3) is 0.455. The number of unbranched alkanes of at least 4 members (excludes halogenated alkanes) is 1. The number of primary amides is 1. The van der Waals surface area contributed by atoms with E-state index in [1.165, 1.54) is 6.20 Å².